The van der Waals surface area contributed by atoms with E-state index in [1.807, 2.05) is 54.6 Å². The summed E-state index contributed by atoms with van der Waals surface area (Å²) in [5.41, 5.74) is 1.87. The fourth-order valence-corrected chi connectivity index (χ4v) is 4.76. The zero-order valence-corrected chi connectivity index (χ0v) is 18.0. The summed E-state index contributed by atoms with van der Waals surface area (Å²) in [6.07, 6.45) is 0.138. The Morgan fingerprint density at radius 2 is 1.87 bits per heavy atom. The smallest absolute Gasteiger partial charge is 0.234 e. The molecule has 2 amide bonds. The summed E-state index contributed by atoms with van der Waals surface area (Å²) in [5, 5.41) is 18.3. The van der Waals surface area contributed by atoms with Crippen LogP contribution in [0.1, 0.15) is 17.9 Å². The molecule has 4 rings (SSSR count). The molecule has 154 valence electrons. The van der Waals surface area contributed by atoms with Crippen LogP contribution in [-0.2, 0) is 9.59 Å². The number of nitrogens with one attached hydrogen (secondary N) is 2. The maximum absolute atomic E-state index is 12.6. The number of thioether (sulfide) groups is 1. The fourth-order valence-electron chi connectivity index (χ4n) is 3.61. The molecule has 0 spiro atoms. The largest absolute Gasteiger partial charge is 0.325 e. The van der Waals surface area contributed by atoms with Crippen molar-refractivity contribution in [2.75, 3.05) is 11.1 Å². The lowest BCUT2D eigenvalue weighted by Crippen LogP contribution is -2.31. The Balaban J connectivity index is 1.53. The Morgan fingerprint density at radius 1 is 1.13 bits per heavy atom. The summed E-state index contributed by atoms with van der Waals surface area (Å²) >= 11 is 7.45. The highest BCUT2D eigenvalue weighted by Crippen LogP contribution is 2.38. The van der Waals surface area contributed by atoms with E-state index in [9.17, 15) is 14.9 Å². The molecule has 3 aromatic rings. The Hall–Kier alpha value is -3.27. The third-order valence-electron chi connectivity index (χ3n) is 5.05. The number of hydrogen-bond acceptors (Lipinski definition) is 4. The minimum atomic E-state index is -0.434. The van der Waals surface area contributed by atoms with Crippen molar-refractivity contribution in [1.82, 2.24) is 5.32 Å². The molecule has 1 unspecified atom stereocenters. The number of nitrogens with zero attached hydrogens (tertiary/aromatic N) is 1. The topological polar surface area (TPSA) is 82.0 Å². The van der Waals surface area contributed by atoms with Crippen LogP contribution in [0.25, 0.3) is 10.8 Å². The summed E-state index contributed by atoms with van der Waals surface area (Å²) in [6.45, 7) is 0. The third kappa shape index (κ3) is 4.58. The number of halogens is 1. The number of hydrogen-bond donors (Lipinski definition) is 2. The van der Waals surface area contributed by atoms with Crippen molar-refractivity contribution in [2.24, 2.45) is 0 Å². The predicted molar refractivity (Wildman–Crippen MR) is 125 cm³/mol. The van der Waals surface area contributed by atoms with Gasteiger partial charge in [-0.2, -0.15) is 5.26 Å². The Kier molecular flexibility index (Phi) is 6.26. The molecule has 0 radical (unpaired) electrons. The zero-order valence-electron chi connectivity index (χ0n) is 16.4. The first kappa shape index (κ1) is 21.0. The van der Waals surface area contributed by atoms with Crippen molar-refractivity contribution in [3.63, 3.8) is 0 Å². The molecule has 7 heteroatoms. The molecular formula is C24H18ClN3O2S. The van der Waals surface area contributed by atoms with E-state index < -0.39 is 5.92 Å². The van der Waals surface area contributed by atoms with Gasteiger partial charge in [-0.25, -0.2) is 0 Å². The number of allylic oxidation sites excluding steroid dienone is 1. The van der Waals surface area contributed by atoms with Gasteiger partial charge in [0.1, 0.15) is 0 Å². The normalized spacial score (nSPS) is 16.0. The average Bonchev–Trinajstić information content (AvgIpc) is 2.78. The van der Waals surface area contributed by atoms with Crippen molar-refractivity contribution in [1.29, 1.82) is 5.26 Å². The van der Waals surface area contributed by atoms with Crippen molar-refractivity contribution in [3.05, 3.63) is 87.9 Å². The van der Waals surface area contributed by atoms with Crippen LogP contribution in [0.3, 0.4) is 0 Å². The molecule has 5 nitrogen and oxygen atoms in total. The lowest BCUT2D eigenvalue weighted by molar-refractivity contribution is -0.121. The quantitative estimate of drug-likeness (QED) is 0.563. The van der Waals surface area contributed by atoms with Crippen LogP contribution in [0.2, 0.25) is 5.02 Å². The van der Waals surface area contributed by atoms with Gasteiger partial charge in [-0.05, 0) is 23.1 Å². The molecule has 1 aliphatic rings. The predicted octanol–water partition coefficient (Wildman–Crippen LogP) is 5.20. The average molecular weight is 448 g/mol. The first-order valence-corrected chi connectivity index (χ1v) is 11.0. The van der Waals surface area contributed by atoms with Crippen LogP contribution in [0, 0.1) is 11.3 Å². The number of nitriles is 1. The standard InChI is InChI=1S/C24H18ClN3O2S/c25-20-10-4-3-9-17(20)18-12-22(29)28-24(19(18)13-26)31-14-23(30)27-21-11-5-7-15-6-1-2-8-16(15)21/h1-11,18H,12,14H2,(H,27,30)(H,28,29). The van der Waals surface area contributed by atoms with Crippen LogP contribution < -0.4 is 10.6 Å². The summed E-state index contributed by atoms with van der Waals surface area (Å²) in [6, 6.07) is 22.9. The maximum Gasteiger partial charge on any atom is 0.234 e. The summed E-state index contributed by atoms with van der Waals surface area (Å²) in [4.78, 5) is 24.9. The Labute approximate surface area is 189 Å². The van der Waals surface area contributed by atoms with Crippen LogP contribution in [0.4, 0.5) is 5.69 Å². The molecule has 31 heavy (non-hydrogen) atoms. The van der Waals surface area contributed by atoms with E-state index in [-0.39, 0.29) is 24.0 Å². The third-order valence-corrected chi connectivity index (χ3v) is 6.41. The van der Waals surface area contributed by atoms with E-state index in [1.54, 1.807) is 12.1 Å². The van der Waals surface area contributed by atoms with Crippen LogP contribution in [0.15, 0.2) is 77.3 Å². The van der Waals surface area contributed by atoms with E-state index >= 15 is 0 Å². The maximum atomic E-state index is 12.6. The number of amides is 2. The number of anilines is 1. The highest BCUT2D eigenvalue weighted by molar-refractivity contribution is 8.03. The minimum absolute atomic E-state index is 0.0548. The van der Waals surface area contributed by atoms with Gasteiger partial charge < -0.3 is 10.6 Å². The SMILES string of the molecule is N#CC1=C(SCC(=O)Nc2cccc3ccccc23)NC(=O)CC1c1ccccc1Cl. The van der Waals surface area contributed by atoms with Crippen LogP contribution in [0.5, 0.6) is 0 Å². The van der Waals surface area contributed by atoms with E-state index in [0.717, 1.165) is 33.8 Å². The van der Waals surface area contributed by atoms with E-state index in [2.05, 4.69) is 16.7 Å². The second-order valence-electron chi connectivity index (χ2n) is 7.04. The number of rotatable bonds is 5. The molecular weight excluding hydrogens is 430 g/mol. The second kappa shape index (κ2) is 9.25. The molecule has 0 saturated carbocycles. The highest BCUT2D eigenvalue weighted by Gasteiger charge is 2.31. The second-order valence-corrected chi connectivity index (χ2v) is 8.44. The number of carbonyl (C=O) groups is 2. The molecule has 0 aromatic heterocycles. The minimum Gasteiger partial charge on any atom is -0.325 e. The molecule has 1 heterocycles. The van der Waals surface area contributed by atoms with Gasteiger partial charge in [-0.3, -0.25) is 9.59 Å². The van der Waals surface area contributed by atoms with Gasteiger partial charge in [-0.15, -0.1) is 0 Å². The molecule has 0 saturated heterocycles. The van der Waals surface area contributed by atoms with Gasteiger partial charge >= 0.3 is 0 Å². The van der Waals surface area contributed by atoms with Gasteiger partial charge in [0.25, 0.3) is 0 Å². The summed E-state index contributed by atoms with van der Waals surface area (Å²) in [7, 11) is 0. The molecule has 1 atom stereocenters. The van der Waals surface area contributed by atoms with Gasteiger partial charge in [0.2, 0.25) is 11.8 Å². The number of fused-ring (bicyclic) bond motifs is 1. The summed E-state index contributed by atoms with van der Waals surface area (Å²) in [5.74, 6) is -0.809. The fraction of sp³-hybridized carbons (Fsp3) is 0.125. The number of benzene rings is 3. The van der Waals surface area contributed by atoms with Gasteiger partial charge in [0, 0.05) is 28.4 Å². The molecule has 1 aliphatic heterocycles. The molecule has 0 fully saturated rings. The molecule has 2 N–H and O–H groups in total. The highest BCUT2D eigenvalue weighted by atomic mass is 35.5. The molecule has 3 aromatic carbocycles. The Bertz CT molecular complexity index is 1240. The van der Waals surface area contributed by atoms with Crippen molar-refractivity contribution in [3.8, 4) is 6.07 Å². The monoisotopic (exact) mass is 447 g/mol. The van der Waals surface area contributed by atoms with E-state index in [4.69, 9.17) is 11.6 Å². The number of carbonyl (C=O) groups excluding carboxylic acids is 2. The van der Waals surface area contributed by atoms with E-state index in [1.165, 1.54) is 0 Å². The first-order chi connectivity index (χ1) is 15.1. The first-order valence-electron chi connectivity index (χ1n) is 9.66. The van der Waals surface area contributed by atoms with Gasteiger partial charge in [0.15, 0.2) is 0 Å². The Morgan fingerprint density at radius 3 is 2.68 bits per heavy atom. The van der Waals surface area contributed by atoms with Gasteiger partial charge in [-0.1, -0.05) is 78.0 Å². The zero-order chi connectivity index (χ0) is 21.8. The van der Waals surface area contributed by atoms with E-state index in [0.29, 0.717) is 15.6 Å². The summed E-state index contributed by atoms with van der Waals surface area (Å²) < 4.78 is 0. The van der Waals surface area contributed by atoms with Crippen molar-refractivity contribution in [2.45, 2.75) is 12.3 Å². The molecule has 0 aliphatic carbocycles. The van der Waals surface area contributed by atoms with Crippen LogP contribution in [-0.4, -0.2) is 17.6 Å². The van der Waals surface area contributed by atoms with Crippen LogP contribution >= 0.6 is 23.4 Å². The lowest BCUT2D eigenvalue weighted by Gasteiger charge is -2.25. The van der Waals surface area contributed by atoms with Crippen molar-refractivity contribution < 1.29 is 9.59 Å². The molecule has 0 bridgehead atoms. The van der Waals surface area contributed by atoms with Gasteiger partial charge in [0.05, 0.1) is 22.4 Å². The van der Waals surface area contributed by atoms with Crippen molar-refractivity contribution >= 4 is 51.6 Å². The lowest BCUT2D eigenvalue weighted by atomic mass is 9.87.